The molecule has 0 atom stereocenters. The molecule has 2 heterocycles. The van der Waals surface area contributed by atoms with E-state index in [-0.39, 0.29) is 0 Å². The minimum absolute atomic E-state index is 0.773. The van der Waals surface area contributed by atoms with E-state index < -0.39 is 0 Å². The fourth-order valence-electron chi connectivity index (χ4n) is 1.99. The highest BCUT2D eigenvalue weighted by atomic mass is 32.1. The van der Waals surface area contributed by atoms with Crippen molar-refractivity contribution in [2.75, 3.05) is 0 Å². The second-order valence-corrected chi connectivity index (χ2v) is 4.69. The summed E-state index contributed by atoms with van der Waals surface area (Å²) in [5.41, 5.74) is 0. The van der Waals surface area contributed by atoms with Crippen molar-refractivity contribution >= 4 is 22.1 Å². The molecule has 0 N–H and O–H groups in total. The molecule has 0 fully saturated rings. The minimum atomic E-state index is 0.773. The van der Waals surface area contributed by atoms with Crippen LogP contribution in [0.5, 0.6) is 23.0 Å². The third-order valence-electron chi connectivity index (χ3n) is 2.83. The molecule has 1 aromatic heterocycles. The van der Waals surface area contributed by atoms with Crippen molar-refractivity contribution in [1.82, 2.24) is 0 Å². The summed E-state index contributed by atoms with van der Waals surface area (Å²) in [7, 11) is 0. The lowest BCUT2D eigenvalue weighted by Crippen LogP contribution is -1.98. The Balaban J connectivity index is 1.93. The lowest BCUT2D eigenvalue weighted by atomic mass is 10.2. The topological polar surface area (TPSA) is 18.5 Å². The van der Waals surface area contributed by atoms with E-state index in [0.29, 0.717) is 0 Å². The Morgan fingerprint density at radius 3 is 1.76 bits per heavy atom. The number of hydrogen-bond donors (Lipinski definition) is 0. The van der Waals surface area contributed by atoms with Crippen LogP contribution in [0.3, 0.4) is 0 Å². The van der Waals surface area contributed by atoms with Gasteiger partial charge in [-0.3, -0.25) is 0 Å². The highest BCUT2D eigenvalue weighted by Crippen LogP contribution is 2.46. The molecular formula is C14H8O2S. The molecule has 1 aliphatic rings. The average molecular weight is 240 g/mol. The summed E-state index contributed by atoms with van der Waals surface area (Å²) in [6, 6.07) is 11.8. The molecule has 3 aromatic rings. The first-order valence-corrected chi connectivity index (χ1v) is 6.29. The highest BCUT2D eigenvalue weighted by Gasteiger charge is 2.18. The Labute approximate surface area is 102 Å². The number of benzene rings is 2. The van der Waals surface area contributed by atoms with Crippen LogP contribution in [0.15, 0.2) is 47.2 Å². The van der Waals surface area contributed by atoms with Crippen LogP contribution in [-0.2, 0) is 0 Å². The highest BCUT2D eigenvalue weighted by molar-refractivity contribution is 7.09. The van der Waals surface area contributed by atoms with E-state index in [1.807, 2.05) is 36.4 Å². The van der Waals surface area contributed by atoms with E-state index in [4.69, 9.17) is 9.47 Å². The predicted molar refractivity (Wildman–Crippen MR) is 68.4 cm³/mol. The Kier molecular flexibility index (Phi) is 1.73. The molecule has 0 unspecified atom stereocenters. The zero-order valence-electron chi connectivity index (χ0n) is 8.84. The fourth-order valence-corrected chi connectivity index (χ4v) is 2.76. The van der Waals surface area contributed by atoms with E-state index in [1.54, 1.807) is 11.3 Å². The van der Waals surface area contributed by atoms with Gasteiger partial charge in [0.05, 0.1) is 0 Å². The maximum Gasteiger partial charge on any atom is 0.170 e. The average Bonchev–Trinajstić information content (AvgIpc) is 2.80. The molecule has 0 amide bonds. The van der Waals surface area contributed by atoms with Crippen LogP contribution in [0.25, 0.3) is 10.8 Å². The van der Waals surface area contributed by atoms with Crippen LogP contribution in [0.2, 0.25) is 0 Å². The zero-order chi connectivity index (χ0) is 11.2. The first kappa shape index (κ1) is 9.07. The zero-order valence-corrected chi connectivity index (χ0v) is 9.66. The summed E-state index contributed by atoms with van der Waals surface area (Å²) in [5, 5.41) is 6.60. The Hall–Kier alpha value is -2.00. The predicted octanol–water partition coefficient (Wildman–Crippen LogP) is 4.80. The van der Waals surface area contributed by atoms with Gasteiger partial charge in [-0.1, -0.05) is 12.1 Å². The van der Waals surface area contributed by atoms with E-state index in [9.17, 15) is 0 Å². The largest absolute Gasteiger partial charge is 0.449 e. The van der Waals surface area contributed by atoms with Crippen molar-refractivity contribution in [3.8, 4) is 23.0 Å². The Bertz CT molecular complexity index is 656. The van der Waals surface area contributed by atoms with Gasteiger partial charge < -0.3 is 9.47 Å². The summed E-state index contributed by atoms with van der Waals surface area (Å²) in [4.78, 5) is 0. The smallest absolute Gasteiger partial charge is 0.170 e. The van der Waals surface area contributed by atoms with Gasteiger partial charge in [-0.05, 0) is 45.8 Å². The summed E-state index contributed by atoms with van der Waals surface area (Å²) in [5.74, 6) is 3.12. The van der Waals surface area contributed by atoms with E-state index in [1.165, 1.54) is 10.8 Å². The lowest BCUT2D eigenvalue weighted by Gasteiger charge is -2.20. The third kappa shape index (κ3) is 1.33. The van der Waals surface area contributed by atoms with Gasteiger partial charge in [0.1, 0.15) is 0 Å². The number of thiophene rings is 1. The molecule has 82 valence electrons. The van der Waals surface area contributed by atoms with Crippen LogP contribution in [0, 0.1) is 0 Å². The second-order valence-electron chi connectivity index (χ2n) is 3.95. The first-order chi connectivity index (χ1) is 8.40. The minimum Gasteiger partial charge on any atom is -0.449 e. The number of ether oxygens (including phenoxy) is 2. The van der Waals surface area contributed by atoms with Gasteiger partial charge in [0.25, 0.3) is 0 Å². The van der Waals surface area contributed by atoms with Gasteiger partial charge in [0.15, 0.2) is 23.0 Å². The molecule has 2 nitrogen and oxygen atoms in total. The molecule has 17 heavy (non-hydrogen) atoms. The quantitative estimate of drug-likeness (QED) is 0.439. The van der Waals surface area contributed by atoms with Crippen LogP contribution in [0.1, 0.15) is 0 Å². The molecule has 2 aromatic carbocycles. The molecule has 0 bridgehead atoms. The van der Waals surface area contributed by atoms with Crippen molar-refractivity contribution in [2.24, 2.45) is 0 Å². The van der Waals surface area contributed by atoms with E-state index >= 15 is 0 Å². The molecule has 0 spiro atoms. The fraction of sp³-hybridized carbons (Fsp3) is 0. The van der Waals surface area contributed by atoms with Crippen molar-refractivity contribution in [1.29, 1.82) is 0 Å². The van der Waals surface area contributed by atoms with Gasteiger partial charge in [-0.2, -0.15) is 11.3 Å². The van der Waals surface area contributed by atoms with Gasteiger partial charge in [-0.25, -0.2) is 0 Å². The van der Waals surface area contributed by atoms with Crippen LogP contribution in [0.4, 0.5) is 0 Å². The van der Waals surface area contributed by atoms with Crippen molar-refractivity contribution in [3.63, 3.8) is 0 Å². The first-order valence-electron chi connectivity index (χ1n) is 5.35. The molecule has 0 aliphatic carbocycles. The molecule has 0 saturated carbocycles. The van der Waals surface area contributed by atoms with E-state index in [0.717, 1.165) is 23.0 Å². The van der Waals surface area contributed by atoms with E-state index in [2.05, 4.69) is 10.8 Å². The number of rotatable bonds is 0. The van der Waals surface area contributed by atoms with Crippen molar-refractivity contribution in [2.45, 2.75) is 0 Å². The van der Waals surface area contributed by atoms with Crippen LogP contribution >= 0.6 is 11.3 Å². The lowest BCUT2D eigenvalue weighted by molar-refractivity contribution is 0.360. The SMILES string of the molecule is c1ccc2c(c1)Oc1cc3cscc3cc1O2. The summed E-state index contributed by atoms with van der Waals surface area (Å²) in [6.45, 7) is 0. The Morgan fingerprint density at radius 2 is 1.24 bits per heavy atom. The molecule has 4 rings (SSSR count). The number of para-hydroxylation sites is 2. The summed E-state index contributed by atoms with van der Waals surface area (Å²) in [6.07, 6.45) is 0. The number of fused-ring (bicyclic) bond motifs is 3. The Morgan fingerprint density at radius 1 is 0.706 bits per heavy atom. The third-order valence-corrected chi connectivity index (χ3v) is 3.61. The van der Waals surface area contributed by atoms with Gasteiger partial charge in [-0.15, -0.1) is 0 Å². The maximum atomic E-state index is 5.83. The monoisotopic (exact) mass is 240 g/mol. The summed E-state index contributed by atoms with van der Waals surface area (Å²) >= 11 is 1.68. The molecule has 0 saturated heterocycles. The molecule has 3 heteroatoms. The van der Waals surface area contributed by atoms with Gasteiger partial charge in [0, 0.05) is 0 Å². The van der Waals surface area contributed by atoms with Gasteiger partial charge in [0.2, 0.25) is 0 Å². The second kappa shape index (κ2) is 3.25. The standard InChI is InChI=1S/C14H8O2S/c1-2-4-12-11(3-1)15-13-5-9-7-17-8-10(9)6-14(13)16-12/h1-8H. The van der Waals surface area contributed by atoms with Crippen LogP contribution in [-0.4, -0.2) is 0 Å². The molecule has 0 radical (unpaired) electrons. The number of hydrogen-bond acceptors (Lipinski definition) is 3. The molecular weight excluding hydrogens is 232 g/mol. The van der Waals surface area contributed by atoms with Gasteiger partial charge >= 0.3 is 0 Å². The van der Waals surface area contributed by atoms with Crippen molar-refractivity contribution < 1.29 is 9.47 Å². The molecule has 1 aliphatic heterocycles. The maximum absolute atomic E-state index is 5.83. The normalized spacial score (nSPS) is 12.5. The summed E-state index contributed by atoms with van der Waals surface area (Å²) < 4.78 is 11.7. The van der Waals surface area contributed by atoms with Crippen molar-refractivity contribution in [3.05, 3.63) is 47.2 Å². The van der Waals surface area contributed by atoms with Crippen LogP contribution < -0.4 is 9.47 Å².